The maximum atomic E-state index is 13.0. The average molecular weight is 290 g/mol. The number of carbonyl (C=O) groups excluding carboxylic acids is 1. The Morgan fingerprint density at radius 3 is 2.81 bits per heavy atom. The van der Waals surface area contributed by atoms with E-state index in [1.807, 2.05) is 4.90 Å². The van der Waals surface area contributed by atoms with Crippen molar-refractivity contribution in [3.63, 3.8) is 0 Å². The van der Waals surface area contributed by atoms with Crippen molar-refractivity contribution >= 4 is 5.91 Å². The number of hydrogen-bond donors (Lipinski definition) is 3. The molecule has 3 aliphatic rings. The maximum absolute atomic E-state index is 13.0. The first kappa shape index (κ1) is 13.2. The van der Waals surface area contributed by atoms with Gasteiger partial charge in [-0.1, -0.05) is 0 Å². The quantitative estimate of drug-likeness (QED) is 0.726. The summed E-state index contributed by atoms with van der Waals surface area (Å²) in [6.07, 6.45) is 5.21. The lowest BCUT2D eigenvalue weighted by Crippen LogP contribution is -2.50. The van der Waals surface area contributed by atoms with E-state index in [4.69, 9.17) is 5.73 Å². The number of H-pyrrole nitrogens is 1. The Kier molecular flexibility index (Phi) is 3.00. The molecular formula is C14H22N6O. The molecule has 7 nitrogen and oxygen atoms in total. The summed E-state index contributed by atoms with van der Waals surface area (Å²) in [7, 11) is 0. The molecule has 4 heterocycles. The summed E-state index contributed by atoms with van der Waals surface area (Å²) in [6, 6.07) is 0.340. The fraction of sp³-hybridized carbons (Fsp3) is 0.786. The number of aromatic nitrogens is 3. The summed E-state index contributed by atoms with van der Waals surface area (Å²) < 4.78 is 0. The van der Waals surface area contributed by atoms with E-state index in [1.54, 1.807) is 0 Å². The fourth-order valence-electron chi connectivity index (χ4n) is 4.39. The summed E-state index contributed by atoms with van der Waals surface area (Å²) in [5.41, 5.74) is 7.20. The second-order valence-corrected chi connectivity index (χ2v) is 6.58. The van der Waals surface area contributed by atoms with Crippen LogP contribution in [0.25, 0.3) is 0 Å². The Morgan fingerprint density at radius 2 is 2.14 bits per heavy atom. The third kappa shape index (κ3) is 1.83. The zero-order valence-corrected chi connectivity index (χ0v) is 12.1. The summed E-state index contributed by atoms with van der Waals surface area (Å²) in [6.45, 7) is 2.40. The molecule has 2 bridgehead atoms. The van der Waals surface area contributed by atoms with Crippen LogP contribution in [0.1, 0.15) is 54.2 Å². The molecule has 4 N–H and O–H groups in total. The number of nitrogens with two attached hydrogens (primary N) is 1. The van der Waals surface area contributed by atoms with Crippen LogP contribution in [-0.4, -0.2) is 57.4 Å². The molecule has 1 aromatic rings. The zero-order valence-electron chi connectivity index (χ0n) is 12.1. The monoisotopic (exact) mass is 290 g/mol. The van der Waals surface area contributed by atoms with Crippen LogP contribution in [0, 0.1) is 0 Å². The van der Waals surface area contributed by atoms with Gasteiger partial charge in [0.05, 0.1) is 11.2 Å². The van der Waals surface area contributed by atoms with Crippen LogP contribution in [-0.2, 0) is 0 Å². The van der Waals surface area contributed by atoms with Crippen molar-refractivity contribution in [1.29, 1.82) is 0 Å². The number of fused-ring (bicyclic) bond motifs is 2. The standard InChI is InChI=1S/C14H22N6O/c15-8-14-4-1-10(2-5-14)20(14)13(21)12-11(17-19-18-12)9-3-6-16-7-9/h9-10,16H,1-8,15H2,(H,17,18,19). The summed E-state index contributed by atoms with van der Waals surface area (Å²) >= 11 is 0. The highest BCUT2D eigenvalue weighted by Gasteiger charge is 2.53. The van der Waals surface area contributed by atoms with E-state index in [0.29, 0.717) is 18.3 Å². The Labute approximate surface area is 123 Å². The van der Waals surface area contributed by atoms with Crippen molar-refractivity contribution in [1.82, 2.24) is 25.6 Å². The molecule has 1 unspecified atom stereocenters. The van der Waals surface area contributed by atoms with Crippen molar-refractivity contribution in [3.05, 3.63) is 11.4 Å². The molecule has 21 heavy (non-hydrogen) atoms. The van der Waals surface area contributed by atoms with Crippen LogP contribution in [0.15, 0.2) is 0 Å². The minimum atomic E-state index is -0.133. The molecule has 1 aromatic heterocycles. The lowest BCUT2D eigenvalue weighted by molar-refractivity contribution is 0.0619. The fourth-order valence-corrected chi connectivity index (χ4v) is 4.39. The molecule has 4 rings (SSSR count). The molecule has 3 saturated heterocycles. The first-order chi connectivity index (χ1) is 10.2. The molecule has 0 aromatic carbocycles. The van der Waals surface area contributed by atoms with E-state index < -0.39 is 0 Å². The number of nitrogens with zero attached hydrogens (tertiary/aromatic N) is 3. The van der Waals surface area contributed by atoms with Gasteiger partial charge in [-0.05, 0) is 38.6 Å². The van der Waals surface area contributed by atoms with E-state index in [2.05, 4.69) is 20.7 Å². The zero-order chi connectivity index (χ0) is 14.4. The Hall–Kier alpha value is -1.47. The predicted octanol–water partition coefficient (Wildman–Crippen LogP) is -0.0225. The third-order valence-corrected chi connectivity index (χ3v) is 5.59. The molecule has 3 aliphatic heterocycles. The maximum Gasteiger partial charge on any atom is 0.277 e. The first-order valence-corrected chi connectivity index (χ1v) is 7.90. The van der Waals surface area contributed by atoms with Crippen LogP contribution in [0.2, 0.25) is 0 Å². The molecule has 3 fully saturated rings. The van der Waals surface area contributed by atoms with Crippen molar-refractivity contribution in [2.24, 2.45) is 5.73 Å². The number of amides is 1. The van der Waals surface area contributed by atoms with Crippen molar-refractivity contribution in [2.45, 2.75) is 49.6 Å². The van der Waals surface area contributed by atoms with E-state index in [1.165, 1.54) is 0 Å². The van der Waals surface area contributed by atoms with Gasteiger partial charge in [-0.3, -0.25) is 4.79 Å². The van der Waals surface area contributed by atoms with Gasteiger partial charge in [-0.25, -0.2) is 0 Å². The minimum absolute atomic E-state index is 0.0242. The molecule has 0 aliphatic carbocycles. The van der Waals surface area contributed by atoms with Gasteiger partial charge in [0.1, 0.15) is 0 Å². The largest absolute Gasteiger partial charge is 0.328 e. The topological polar surface area (TPSA) is 99.9 Å². The molecular weight excluding hydrogens is 268 g/mol. The first-order valence-electron chi connectivity index (χ1n) is 7.90. The average Bonchev–Trinajstić information content (AvgIpc) is 3.27. The molecule has 114 valence electrons. The molecule has 0 saturated carbocycles. The van der Waals surface area contributed by atoms with Crippen molar-refractivity contribution in [2.75, 3.05) is 19.6 Å². The Bertz CT molecular complexity index is 541. The van der Waals surface area contributed by atoms with Gasteiger partial charge in [0, 0.05) is 25.0 Å². The number of carbonyl (C=O) groups is 1. The predicted molar refractivity (Wildman–Crippen MR) is 76.8 cm³/mol. The molecule has 1 atom stereocenters. The van der Waals surface area contributed by atoms with Crippen molar-refractivity contribution in [3.8, 4) is 0 Å². The smallest absolute Gasteiger partial charge is 0.277 e. The summed E-state index contributed by atoms with van der Waals surface area (Å²) in [5, 5.41) is 14.4. The normalized spacial score (nSPS) is 34.8. The van der Waals surface area contributed by atoms with E-state index >= 15 is 0 Å². The molecule has 7 heteroatoms. The second kappa shape index (κ2) is 4.78. The highest BCUT2D eigenvalue weighted by Crippen LogP contribution is 2.46. The Morgan fingerprint density at radius 1 is 1.33 bits per heavy atom. The van der Waals surface area contributed by atoms with Gasteiger partial charge in [0.15, 0.2) is 5.69 Å². The van der Waals surface area contributed by atoms with Gasteiger partial charge in [0.2, 0.25) is 0 Å². The van der Waals surface area contributed by atoms with Crippen LogP contribution < -0.4 is 11.1 Å². The highest BCUT2D eigenvalue weighted by molar-refractivity contribution is 5.94. The minimum Gasteiger partial charge on any atom is -0.328 e. The summed E-state index contributed by atoms with van der Waals surface area (Å²) in [5.74, 6) is 0.313. The second-order valence-electron chi connectivity index (χ2n) is 6.58. The SMILES string of the molecule is NCC12CCC(CC1)N2C(=O)c1n[nH]nc1C1CCNC1. The van der Waals surface area contributed by atoms with E-state index in [9.17, 15) is 4.79 Å². The van der Waals surface area contributed by atoms with Gasteiger partial charge in [0.25, 0.3) is 5.91 Å². The van der Waals surface area contributed by atoms with Gasteiger partial charge in [-0.2, -0.15) is 15.4 Å². The third-order valence-electron chi connectivity index (χ3n) is 5.59. The van der Waals surface area contributed by atoms with Crippen LogP contribution >= 0.6 is 0 Å². The van der Waals surface area contributed by atoms with Crippen LogP contribution in [0.5, 0.6) is 0 Å². The van der Waals surface area contributed by atoms with Gasteiger partial charge < -0.3 is 16.0 Å². The lowest BCUT2D eigenvalue weighted by atomic mass is 9.88. The van der Waals surface area contributed by atoms with Crippen LogP contribution in [0.4, 0.5) is 0 Å². The Balaban J connectivity index is 1.65. The summed E-state index contributed by atoms with van der Waals surface area (Å²) in [4.78, 5) is 15.1. The van der Waals surface area contributed by atoms with E-state index in [-0.39, 0.29) is 17.4 Å². The number of rotatable bonds is 3. The lowest BCUT2D eigenvalue weighted by Gasteiger charge is -2.33. The highest BCUT2D eigenvalue weighted by atomic mass is 16.2. The van der Waals surface area contributed by atoms with E-state index in [0.717, 1.165) is 50.9 Å². The van der Waals surface area contributed by atoms with Crippen LogP contribution in [0.3, 0.4) is 0 Å². The number of hydrogen-bond acceptors (Lipinski definition) is 5. The number of nitrogens with one attached hydrogen (secondary N) is 2. The molecule has 0 spiro atoms. The van der Waals surface area contributed by atoms with Gasteiger partial charge >= 0.3 is 0 Å². The molecule has 0 radical (unpaired) electrons. The van der Waals surface area contributed by atoms with Crippen molar-refractivity contribution < 1.29 is 4.79 Å². The number of aromatic amines is 1. The molecule has 1 amide bonds. The van der Waals surface area contributed by atoms with Gasteiger partial charge in [-0.15, -0.1) is 0 Å².